The van der Waals surface area contributed by atoms with E-state index in [9.17, 15) is 18.0 Å². The second kappa shape index (κ2) is 15.8. The highest BCUT2D eigenvalue weighted by Crippen LogP contribution is 2.31. The van der Waals surface area contributed by atoms with E-state index >= 15 is 0 Å². The molecule has 0 unspecified atom stereocenters. The van der Waals surface area contributed by atoms with E-state index < -0.39 is 28.5 Å². The summed E-state index contributed by atoms with van der Waals surface area (Å²) >= 11 is 12.7. The zero-order valence-electron chi connectivity index (χ0n) is 26.3. The fraction of sp³-hybridized carbons (Fsp3) is 0.297. The van der Waals surface area contributed by atoms with Gasteiger partial charge in [-0.3, -0.25) is 13.9 Å². The van der Waals surface area contributed by atoms with Crippen LogP contribution in [0.5, 0.6) is 0 Å². The first-order valence-electron chi connectivity index (χ1n) is 15.8. The van der Waals surface area contributed by atoms with Crippen molar-refractivity contribution in [3.63, 3.8) is 0 Å². The quantitative estimate of drug-likeness (QED) is 0.166. The first-order valence-corrected chi connectivity index (χ1v) is 18.0. The predicted octanol–water partition coefficient (Wildman–Crippen LogP) is 7.59. The van der Waals surface area contributed by atoms with Crippen LogP contribution in [0.1, 0.15) is 48.8 Å². The molecule has 0 heterocycles. The third-order valence-electron chi connectivity index (χ3n) is 8.50. The van der Waals surface area contributed by atoms with Gasteiger partial charge in [0.1, 0.15) is 12.6 Å². The summed E-state index contributed by atoms with van der Waals surface area (Å²) < 4.78 is 29.5. The van der Waals surface area contributed by atoms with Crippen LogP contribution in [0.15, 0.2) is 108 Å². The summed E-state index contributed by atoms with van der Waals surface area (Å²) in [5.41, 5.74) is 2.68. The molecule has 7 nitrogen and oxygen atoms in total. The molecule has 1 fully saturated rings. The zero-order chi connectivity index (χ0) is 33.4. The molecule has 1 saturated carbocycles. The Morgan fingerprint density at radius 2 is 1.45 bits per heavy atom. The van der Waals surface area contributed by atoms with E-state index in [4.69, 9.17) is 23.2 Å². The number of para-hydroxylation sites is 1. The highest BCUT2D eigenvalue weighted by atomic mass is 35.5. The number of nitrogens with zero attached hydrogens (tertiary/aromatic N) is 2. The van der Waals surface area contributed by atoms with Crippen LogP contribution in [-0.2, 0) is 32.6 Å². The van der Waals surface area contributed by atoms with Crippen LogP contribution in [0, 0.1) is 6.92 Å². The number of halogens is 2. The Morgan fingerprint density at radius 3 is 2.11 bits per heavy atom. The SMILES string of the molecule is Cc1ccc(S(=O)(=O)N(CC(=O)N(Cc2ccc(Cl)cc2)[C@@H](Cc2ccccc2)C(=O)NC2CCCCC2)c2ccccc2Cl)cc1. The van der Waals surface area contributed by atoms with Crippen LogP contribution in [0.3, 0.4) is 0 Å². The van der Waals surface area contributed by atoms with Crippen molar-refractivity contribution in [3.8, 4) is 0 Å². The molecule has 0 spiro atoms. The number of carbonyl (C=O) groups is 2. The van der Waals surface area contributed by atoms with Crippen LogP contribution in [0.25, 0.3) is 0 Å². The number of aryl methyl sites for hydroxylation is 1. The number of benzene rings is 4. The minimum atomic E-state index is -4.24. The second-order valence-corrected chi connectivity index (χ2v) is 14.7. The van der Waals surface area contributed by atoms with Crippen molar-refractivity contribution >= 4 is 50.7 Å². The van der Waals surface area contributed by atoms with Gasteiger partial charge >= 0.3 is 0 Å². The van der Waals surface area contributed by atoms with E-state index in [1.54, 1.807) is 60.7 Å². The minimum Gasteiger partial charge on any atom is -0.352 e. The number of hydrogen-bond donors (Lipinski definition) is 1. The van der Waals surface area contributed by atoms with E-state index in [0.717, 1.165) is 53.1 Å². The number of nitrogens with one attached hydrogen (secondary N) is 1. The lowest BCUT2D eigenvalue weighted by molar-refractivity contribution is -0.140. The summed E-state index contributed by atoms with van der Waals surface area (Å²) in [4.78, 5) is 30.3. The molecule has 2 amide bonds. The van der Waals surface area contributed by atoms with Crippen molar-refractivity contribution in [3.05, 3.63) is 130 Å². The first-order chi connectivity index (χ1) is 22.6. The number of rotatable bonds is 12. The van der Waals surface area contributed by atoms with Gasteiger partial charge in [0.25, 0.3) is 10.0 Å². The molecule has 1 atom stereocenters. The van der Waals surface area contributed by atoms with Gasteiger partial charge in [-0.15, -0.1) is 0 Å². The largest absolute Gasteiger partial charge is 0.352 e. The van der Waals surface area contributed by atoms with Gasteiger partial charge in [-0.1, -0.05) is 115 Å². The van der Waals surface area contributed by atoms with Gasteiger partial charge < -0.3 is 10.2 Å². The number of sulfonamides is 1. The summed E-state index contributed by atoms with van der Waals surface area (Å²) in [7, 11) is -4.24. The number of hydrogen-bond acceptors (Lipinski definition) is 4. The van der Waals surface area contributed by atoms with Crippen molar-refractivity contribution in [2.75, 3.05) is 10.8 Å². The summed E-state index contributed by atoms with van der Waals surface area (Å²) in [6.07, 6.45) is 5.20. The molecule has 0 radical (unpaired) electrons. The summed E-state index contributed by atoms with van der Waals surface area (Å²) in [5, 5.41) is 3.93. The molecule has 0 saturated heterocycles. The third kappa shape index (κ3) is 8.95. The van der Waals surface area contributed by atoms with E-state index in [2.05, 4.69) is 5.32 Å². The molecular weight excluding hydrogens is 653 g/mol. The van der Waals surface area contributed by atoms with Crippen molar-refractivity contribution in [1.82, 2.24) is 10.2 Å². The number of carbonyl (C=O) groups excluding carboxylic acids is 2. The molecule has 4 aromatic rings. The molecule has 1 aliphatic carbocycles. The standard InChI is InChI=1S/C37H39Cl2N3O4S/c1-27-16-22-32(23-17-27)47(45,46)42(34-15-9-8-14-33(34)39)26-36(43)41(25-29-18-20-30(38)21-19-29)35(24-28-10-4-2-5-11-28)37(44)40-31-12-6-3-7-13-31/h2,4-5,8-11,14-23,31,35H,3,6-7,12-13,24-26H2,1H3,(H,40,44)/t35-/m0/s1. The lowest BCUT2D eigenvalue weighted by atomic mass is 9.94. The molecule has 0 aromatic heterocycles. The lowest BCUT2D eigenvalue weighted by Gasteiger charge is -2.35. The maximum absolute atomic E-state index is 14.6. The van der Waals surface area contributed by atoms with Gasteiger partial charge in [-0.05, 0) is 67.3 Å². The van der Waals surface area contributed by atoms with E-state index in [1.165, 1.54) is 17.0 Å². The van der Waals surface area contributed by atoms with Crippen molar-refractivity contribution in [2.24, 2.45) is 0 Å². The summed E-state index contributed by atoms with van der Waals surface area (Å²) in [6.45, 7) is 1.35. The van der Waals surface area contributed by atoms with Gasteiger partial charge in [0.05, 0.1) is 15.6 Å². The summed E-state index contributed by atoms with van der Waals surface area (Å²) in [5.74, 6) is -0.816. The second-order valence-electron chi connectivity index (χ2n) is 12.0. The Bertz CT molecular complexity index is 1760. The van der Waals surface area contributed by atoms with E-state index in [1.807, 2.05) is 37.3 Å². The molecule has 246 valence electrons. The maximum atomic E-state index is 14.6. The first kappa shape index (κ1) is 34.5. The van der Waals surface area contributed by atoms with E-state index in [0.29, 0.717) is 5.02 Å². The van der Waals surface area contributed by atoms with Gasteiger partial charge in [-0.25, -0.2) is 8.42 Å². The van der Waals surface area contributed by atoms with Crippen LogP contribution in [0.4, 0.5) is 5.69 Å². The average molecular weight is 693 g/mol. The van der Waals surface area contributed by atoms with Crippen LogP contribution >= 0.6 is 23.2 Å². The third-order valence-corrected chi connectivity index (χ3v) is 10.8. The topological polar surface area (TPSA) is 86.8 Å². The molecule has 5 rings (SSSR count). The molecular formula is C37H39Cl2N3O4S. The zero-order valence-corrected chi connectivity index (χ0v) is 28.6. The average Bonchev–Trinajstić information content (AvgIpc) is 3.07. The van der Waals surface area contributed by atoms with E-state index in [-0.39, 0.29) is 40.5 Å². The van der Waals surface area contributed by atoms with Crippen LogP contribution in [-0.4, -0.2) is 43.8 Å². The number of amides is 2. The van der Waals surface area contributed by atoms with Gasteiger partial charge in [-0.2, -0.15) is 0 Å². The van der Waals surface area contributed by atoms with Gasteiger partial charge in [0.2, 0.25) is 11.8 Å². The Hall–Kier alpha value is -3.85. The predicted molar refractivity (Wildman–Crippen MR) is 188 cm³/mol. The Labute approximate surface area is 287 Å². The fourth-order valence-corrected chi connectivity index (χ4v) is 7.74. The number of anilines is 1. The van der Waals surface area contributed by atoms with Gasteiger partial charge in [0, 0.05) is 24.0 Å². The van der Waals surface area contributed by atoms with Crippen molar-refractivity contribution in [2.45, 2.75) is 69.0 Å². The highest BCUT2D eigenvalue weighted by Gasteiger charge is 2.36. The summed E-state index contributed by atoms with van der Waals surface area (Å²) in [6, 6.07) is 28.6. The Balaban J connectivity index is 1.56. The monoisotopic (exact) mass is 691 g/mol. The Kier molecular flexibility index (Phi) is 11.6. The molecule has 4 aromatic carbocycles. The molecule has 10 heteroatoms. The Morgan fingerprint density at radius 1 is 0.809 bits per heavy atom. The van der Waals surface area contributed by atoms with Crippen molar-refractivity contribution in [1.29, 1.82) is 0 Å². The molecule has 1 aliphatic rings. The normalized spacial score (nSPS) is 14.3. The highest BCUT2D eigenvalue weighted by molar-refractivity contribution is 7.92. The molecule has 47 heavy (non-hydrogen) atoms. The maximum Gasteiger partial charge on any atom is 0.264 e. The van der Waals surface area contributed by atoms with Crippen molar-refractivity contribution < 1.29 is 18.0 Å². The lowest BCUT2D eigenvalue weighted by Crippen LogP contribution is -2.55. The smallest absolute Gasteiger partial charge is 0.264 e. The minimum absolute atomic E-state index is 0.0172. The fourth-order valence-electron chi connectivity index (χ4n) is 5.89. The molecule has 0 bridgehead atoms. The van der Waals surface area contributed by atoms with Crippen LogP contribution < -0.4 is 9.62 Å². The molecule has 1 N–H and O–H groups in total. The van der Waals surface area contributed by atoms with Gasteiger partial charge in [0.15, 0.2) is 0 Å². The van der Waals surface area contributed by atoms with Crippen LogP contribution in [0.2, 0.25) is 10.0 Å². The molecule has 0 aliphatic heterocycles.